The zero-order chi connectivity index (χ0) is 18.6. The highest BCUT2D eigenvalue weighted by atomic mass is 16.6. The summed E-state index contributed by atoms with van der Waals surface area (Å²) in [7, 11) is 0. The van der Waals surface area contributed by atoms with Crippen molar-refractivity contribution in [2.45, 2.75) is 13.5 Å². The second-order valence-electron chi connectivity index (χ2n) is 5.98. The molecule has 4 rings (SSSR count). The van der Waals surface area contributed by atoms with Gasteiger partial charge in [0.15, 0.2) is 17.2 Å². The minimum Gasteiger partial charge on any atom is -0.489 e. The second-order valence-corrected chi connectivity index (χ2v) is 5.98. The Hall–Kier alpha value is -3.48. The van der Waals surface area contributed by atoms with E-state index in [4.69, 9.17) is 18.7 Å². The van der Waals surface area contributed by atoms with E-state index in [-0.39, 0.29) is 18.2 Å². The third kappa shape index (κ3) is 3.72. The Morgan fingerprint density at radius 1 is 1.11 bits per heavy atom. The predicted octanol–water partition coefficient (Wildman–Crippen LogP) is 3.59. The average Bonchev–Trinajstić information content (AvgIpc) is 3.07. The molecule has 27 heavy (non-hydrogen) atoms. The van der Waals surface area contributed by atoms with Crippen LogP contribution in [0.3, 0.4) is 0 Å². The minimum absolute atomic E-state index is 0.184. The lowest BCUT2D eigenvalue weighted by molar-refractivity contribution is 0.101. The number of nitrogens with one attached hydrogen (secondary N) is 1. The van der Waals surface area contributed by atoms with Crippen LogP contribution in [0.15, 0.2) is 53.1 Å². The molecule has 0 aliphatic carbocycles. The van der Waals surface area contributed by atoms with Crippen LogP contribution in [0.4, 0.5) is 5.69 Å². The number of aromatic nitrogens is 1. The Balaban J connectivity index is 1.49. The van der Waals surface area contributed by atoms with E-state index < -0.39 is 0 Å². The largest absolute Gasteiger partial charge is 0.489 e. The fourth-order valence-corrected chi connectivity index (χ4v) is 2.72. The quantitative estimate of drug-likeness (QED) is 0.743. The lowest BCUT2D eigenvalue weighted by Gasteiger charge is -2.18. The number of aryl methyl sites for hydroxylation is 1. The molecule has 0 radical (unpaired) electrons. The van der Waals surface area contributed by atoms with Crippen LogP contribution in [-0.2, 0) is 6.61 Å². The molecular formula is C20H18N2O5. The van der Waals surface area contributed by atoms with Crippen molar-refractivity contribution >= 4 is 11.6 Å². The zero-order valence-electron chi connectivity index (χ0n) is 14.7. The van der Waals surface area contributed by atoms with E-state index >= 15 is 0 Å². The number of hydrogen-bond donors (Lipinski definition) is 1. The van der Waals surface area contributed by atoms with E-state index in [1.165, 1.54) is 0 Å². The van der Waals surface area contributed by atoms with Gasteiger partial charge in [-0.25, -0.2) is 0 Å². The molecule has 1 aliphatic rings. The van der Waals surface area contributed by atoms with Gasteiger partial charge in [-0.15, -0.1) is 0 Å². The van der Waals surface area contributed by atoms with Gasteiger partial charge >= 0.3 is 0 Å². The highest BCUT2D eigenvalue weighted by Crippen LogP contribution is 2.32. The van der Waals surface area contributed by atoms with Gasteiger partial charge in [0.25, 0.3) is 5.91 Å². The molecule has 7 nitrogen and oxygen atoms in total. The fraction of sp³-hybridized carbons (Fsp3) is 0.200. The topological polar surface area (TPSA) is 82.8 Å². The molecule has 1 amide bonds. The molecule has 0 bridgehead atoms. The van der Waals surface area contributed by atoms with Crippen LogP contribution >= 0.6 is 0 Å². The van der Waals surface area contributed by atoms with Crippen LogP contribution < -0.4 is 19.5 Å². The van der Waals surface area contributed by atoms with Gasteiger partial charge in [-0.2, -0.15) is 0 Å². The molecule has 0 saturated carbocycles. The molecule has 0 fully saturated rings. The molecule has 0 atom stereocenters. The third-order valence-corrected chi connectivity index (χ3v) is 4.13. The average molecular weight is 366 g/mol. The van der Waals surface area contributed by atoms with Crippen LogP contribution in [0.25, 0.3) is 0 Å². The van der Waals surface area contributed by atoms with Gasteiger partial charge in [0.1, 0.15) is 31.3 Å². The van der Waals surface area contributed by atoms with Crippen molar-refractivity contribution in [2.75, 3.05) is 18.5 Å². The first-order valence-electron chi connectivity index (χ1n) is 8.55. The first-order chi connectivity index (χ1) is 13.2. The molecule has 138 valence electrons. The van der Waals surface area contributed by atoms with Gasteiger partial charge in [-0.3, -0.25) is 4.79 Å². The number of hydrogen-bond acceptors (Lipinski definition) is 6. The summed E-state index contributed by atoms with van der Waals surface area (Å²) >= 11 is 0. The van der Waals surface area contributed by atoms with Crippen molar-refractivity contribution in [1.82, 2.24) is 5.16 Å². The van der Waals surface area contributed by atoms with Gasteiger partial charge in [0, 0.05) is 11.8 Å². The number of carbonyl (C=O) groups is 1. The molecule has 0 saturated heterocycles. The van der Waals surface area contributed by atoms with Crippen molar-refractivity contribution in [2.24, 2.45) is 0 Å². The van der Waals surface area contributed by atoms with E-state index in [2.05, 4.69) is 10.5 Å². The molecule has 2 heterocycles. The highest BCUT2D eigenvalue weighted by Gasteiger charge is 2.21. The molecule has 1 aliphatic heterocycles. The van der Waals surface area contributed by atoms with Gasteiger partial charge in [-0.05, 0) is 31.2 Å². The SMILES string of the molecule is Cc1onc(C(=O)Nc2ccc3c(c2)OCCO3)c1COc1ccccc1. The number of carbonyl (C=O) groups excluding carboxylic acids is 1. The maximum Gasteiger partial charge on any atom is 0.278 e. The number of benzene rings is 2. The number of rotatable bonds is 5. The Kier molecular flexibility index (Phi) is 4.65. The molecule has 0 spiro atoms. The van der Waals surface area contributed by atoms with E-state index in [0.29, 0.717) is 47.5 Å². The molecule has 3 aromatic rings. The van der Waals surface area contributed by atoms with Crippen molar-refractivity contribution < 1.29 is 23.5 Å². The number of para-hydroxylation sites is 1. The summed E-state index contributed by atoms with van der Waals surface area (Å²) in [5, 5.41) is 6.70. The second kappa shape index (κ2) is 7.41. The summed E-state index contributed by atoms with van der Waals surface area (Å²) in [5.74, 6) is 2.13. The summed E-state index contributed by atoms with van der Waals surface area (Å²) in [6.45, 7) is 2.93. The van der Waals surface area contributed by atoms with Crippen LogP contribution in [0.2, 0.25) is 0 Å². The van der Waals surface area contributed by atoms with E-state index in [0.717, 1.165) is 0 Å². The van der Waals surface area contributed by atoms with Crippen LogP contribution in [0.5, 0.6) is 17.2 Å². The monoisotopic (exact) mass is 366 g/mol. The van der Waals surface area contributed by atoms with Gasteiger partial charge < -0.3 is 24.1 Å². The number of amides is 1. The predicted molar refractivity (Wildman–Crippen MR) is 97.4 cm³/mol. The smallest absolute Gasteiger partial charge is 0.278 e. The summed E-state index contributed by atoms with van der Waals surface area (Å²) in [6, 6.07) is 14.6. The lowest BCUT2D eigenvalue weighted by atomic mass is 10.2. The Labute approximate surface area is 155 Å². The van der Waals surface area contributed by atoms with E-state index in [9.17, 15) is 4.79 Å². The minimum atomic E-state index is -0.379. The van der Waals surface area contributed by atoms with Crippen molar-refractivity contribution in [3.05, 3.63) is 65.5 Å². The highest BCUT2D eigenvalue weighted by molar-refractivity contribution is 6.04. The van der Waals surface area contributed by atoms with Crippen LogP contribution in [0, 0.1) is 6.92 Å². The van der Waals surface area contributed by atoms with E-state index in [1.54, 1.807) is 25.1 Å². The molecule has 7 heteroatoms. The third-order valence-electron chi connectivity index (χ3n) is 4.13. The normalized spacial score (nSPS) is 12.5. The van der Waals surface area contributed by atoms with Gasteiger partial charge in [0.2, 0.25) is 0 Å². The van der Waals surface area contributed by atoms with E-state index in [1.807, 2.05) is 30.3 Å². The molecule has 2 aromatic carbocycles. The molecular weight excluding hydrogens is 348 g/mol. The van der Waals surface area contributed by atoms with Gasteiger partial charge in [-0.1, -0.05) is 23.4 Å². The Morgan fingerprint density at radius 2 is 1.89 bits per heavy atom. The standard InChI is InChI=1S/C20H18N2O5/c1-13-16(12-26-15-5-3-2-4-6-15)19(22-27-13)20(23)21-14-7-8-17-18(11-14)25-10-9-24-17/h2-8,11H,9-10,12H2,1H3,(H,21,23). The molecule has 1 aromatic heterocycles. The first kappa shape index (κ1) is 17.0. The summed E-state index contributed by atoms with van der Waals surface area (Å²) in [5.41, 5.74) is 1.38. The first-order valence-corrected chi connectivity index (χ1v) is 8.55. The lowest BCUT2D eigenvalue weighted by Crippen LogP contribution is -2.17. The Morgan fingerprint density at radius 3 is 2.70 bits per heavy atom. The Bertz CT molecular complexity index is 952. The number of nitrogens with zero attached hydrogens (tertiary/aromatic N) is 1. The molecule has 0 unspecified atom stereocenters. The summed E-state index contributed by atoms with van der Waals surface area (Å²) < 4.78 is 21.9. The van der Waals surface area contributed by atoms with Crippen molar-refractivity contribution in [1.29, 1.82) is 0 Å². The van der Waals surface area contributed by atoms with Gasteiger partial charge in [0.05, 0.1) is 5.56 Å². The summed E-state index contributed by atoms with van der Waals surface area (Å²) in [6.07, 6.45) is 0. The fourth-order valence-electron chi connectivity index (χ4n) is 2.72. The van der Waals surface area contributed by atoms with Crippen molar-refractivity contribution in [3.63, 3.8) is 0 Å². The molecule has 1 N–H and O–H groups in total. The number of ether oxygens (including phenoxy) is 3. The van der Waals surface area contributed by atoms with Crippen molar-refractivity contribution in [3.8, 4) is 17.2 Å². The maximum atomic E-state index is 12.7. The number of anilines is 1. The zero-order valence-corrected chi connectivity index (χ0v) is 14.7. The number of fused-ring (bicyclic) bond motifs is 1. The maximum absolute atomic E-state index is 12.7. The van der Waals surface area contributed by atoms with Crippen LogP contribution in [-0.4, -0.2) is 24.3 Å². The summed E-state index contributed by atoms with van der Waals surface area (Å²) in [4.78, 5) is 12.7. The van der Waals surface area contributed by atoms with Crippen LogP contribution in [0.1, 0.15) is 21.8 Å².